The minimum atomic E-state index is 0.705. The molecule has 0 bridgehead atoms. The monoisotopic (exact) mass is 262 g/mol. The van der Waals surface area contributed by atoms with Gasteiger partial charge >= 0.3 is 0 Å². The molecule has 18 heavy (non-hydrogen) atoms. The van der Waals surface area contributed by atoms with Crippen molar-refractivity contribution in [1.29, 1.82) is 0 Å². The van der Waals surface area contributed by atoms with Gasteiger partial charge in [0, 0.05) is 34.7 Å². The van der Waals surface area contributed by atoms with Gasteiger partial charge in [-0.25, -0.2) is 0 Å². The van der Waals surface area contributed by atoms with Gasteiger partial charge in [0.15, 0.2) is 0 Å². The second-order valence-electron chi connectivity index (χ2n) is 5.22. The van der Waals surface area contributed by atoms with Gasteiger partial charge in [0.05, 0.1) is 0 Å². The van der Waals surface area contributed by atoms with E-state index in [1.54, 1.807) is 0 Å². The van der Waals surface area contributed by atoms with Crippen LogP contribution in [0.25, 0.3) is 10.9 Å². The summed E-state index contributed by atoms with van der Waals surface area (Å²) in [6, 6.07) is 6.76. The third-order valence-corrected chi connectivity index (χ3v) is 4.15. The Bertz CT molecular complexity index is 526. The molecule has 0 atom stereocenters. The van der Waals surface area contributed by atoms with Crippen molar-refractivity contribution < 1.29 is 0 Å². The summed E-state index contributed by atoms with van der Waals surface area (Å²) >= 11 is 5.99. The van der Waals surface area contributed by atoms with E-state index in [9.17, 15) is 0 Å². The van der Waals surface area contributed by atoms with E-state index in [4.69, 9.17) is 11.6 Å². The van der Waals surface area contributed by atoms with Crippen LogP contribution in [-0.2, 0) is 6.54 Å². The highest BCUT2D eigenvalue weighted by atomic mass is 35.5. The molecule has 0 aliphatic heterocycles. The van der Waals surface area contributed by atoms with Crippen LogP contribution in [0.2, 0.25) is 5.02 Å². The lowest BCUT2D eigenvalue weighted by molar-refractivity contribution is 0.373. The Kier molecular flexibility index (Phi) is 3.57. The molecule has 3 heteroatoms. The number of aromatic nitrogens is 1. The van der Waals surface area contributed by atoms with E-state index in [-0.39, 0.29) is 0 Å². The predicted octanol–water partition coefficient (Wildman–Crippen LogP) is 4.24. The number of halogens is 1. The molecule has 2 nitrogen and oxygen atoms in total. The van der Waals surface area contributed by atoms with Gasteiger partial charge < -0.3 is 10.3 Å². The first kappa shape index (κ1) is 12.1. The zero-order chi connectivity index (χ0) is 12.4. The Labute approximate surface area is 113 Å². The fraction of sp³-hybridized carbons (Fsp3) is 0.467. The van der Waals surface area contributed by atoms with Gasteiger partial charge in [0.2, 0.25) is 0 Å². The van der Waals surface area contributed by atoms with Crippen molar-refractivity contribution >= 4 is 22.5 Å². The van der Waals surface area contributed by atoms with Gasteiger partial charge in [-0.1, -0.05) is 36.9 Å². The number of aromatic amines is 1. The summed E-state index contributed by atoms with van der Waals surface area (Å²) < 4.78 is 0. The van der Waals surface area contributed by atoms with Gasteiger partial charge in [-0.3, -0.25) is 0 Å². The third-order valence-electron chi connectivity index (χ3n) is 3.92. The molecule has 1 aromatic heterocycles. The fourth-order valence-electron chi connectivity index (χ4n) is 2.87. The van der Waals surface area contributed by atoms with Gasteiger partial charge in [-0.05, 0) is 30.5 Å². The number of hydrogen-bond acceptors (Lipinski definition) is 1. The van der Waals surface area contributed by atoms with E-state index in [1.807, 2.05) is 12.1 Å². The van der Waals surface area contributed by atoms with E-state index >= 15 is 0 Å². The summed E-state index contributed by atoms with van der Waals surface area (Å²) in [5, 5.41) is 5.75. The van der Waals surface area contributed by atoms with E-state index in [0.717, 1.165) is 17.1 Å². The fourth-order valence-corrected chi connectivity index (χ4v) is 3.04. The Balaban J connectivity index is 1.70. The third kappa shape index (κ3) is 2.55. The van der Waals surface area contributed by atoms with Crippen LogP contribution in [0.3, 0.4) is 0 Å². The van der Waals surface area contributed by atoms with Gasteiger partial charge in [0.1, 0.15) is 0 Å². The largest absolute Gasteiger partial charge is 0.361 e. The van der Waals surface area contributed by atoms with Gasteiger partial charge in [-0.2, -0.15) is 0 Å². The van der Waals surface area contributed by atoms with Crippen molar-refractivity contribution in [3.05, 3.63) is 35.0 Å². The van der Waals surface area contributed by atoms with Crippen molar-refractivity contribution in [3.63, 3.8) is 0 Å². The molecule has 3 rings (SSSR count). The topological polar surface area (TPSA) is 27.8 Å². The minimum Gasteiger partial charge on any atom is -0.361 e. The quantitative estimate of drug-likeness (QED) is 0.851. The van der Waals surface area contributed by atoms with Crippen molar-refractivity contribution in [2.45, 2.75) is 44.7 Å². The summed E-state index contributed by atoms with van der Waals surface area (Å²) in [6.07, 6.45) is 8.91. The minimum absolute atomic E-state index is 0.705. The first-order chi connectivity index (χ1) is 8.83. The van der Waals surface area contributed by atoms with E-state index in [2.05, 4.69) is 22.6 Å². The molecule has 0 saturated heterocycles. The normalized spacial score (nSPS) is 17.4. The molecule has 0 unspecified atom stereocenters. The van der Waals surface area contributed by atoms with Crippen LogP contribution in [-0.4, -0.2) is 11.0 Å². The molecule has 0 spiro atoms. The van der Waals surface area contributed by atoms with Gasteiger partial charge in [-0.15, -0.1) is 0 Å². The molecule has 0 amide bonds. The summed E-state index contributed by atoms with van der Waals surface area (Å²) in [5.74, 6) is 0. The van der Waals surface area contributed by atoms with Crippen LogP contribution in [0.1, 0.15) is 37.7 Å². The highest BCUT2D eigenvalue weighted by Gasteiger charge is 2.13. The highest BCUT2D eigenvalue weighted by molar-refractivity contribution is 6.31. The zero-order valence-corrected chi connectivity index (χ0v) is 11.3. The number of hydrogen-bond donors (Lipinski definition) is 2. The molecule has 1 heterocycles. The number of nitrogens with one attached hydrogen (secondary N) is 2. The maximum atomic E-state index is 5.99. The second kappa shape index (κ2) is 5.33. The number of H-pyrrole nitrogens is 1. The molecular weight excluding hydrogens is 244 g/mol. The highest BCUT2D eigenvalue weighted by Crippen LogP contribution is 2.23. The van der Waals surface area contributed by atoms with Crippen LogP contribution in [0.4, 0.5) is 0 Å². The van der Waals surface area contributed by atoms with Crippen LogP contribution in [0, 0.1) is 0 Å². The standard InChI is InChI=1S/C15H19ClN2/c16-12-6-7-14-11(10-18-15(14)8-12)9-17-13-4-2-1-3-5-13/h6-8,10,13,17-18H,1-5,9H2. The smallest absolute Gasteiger partial charge is 0.0472 e. The van der Waals surface area contributed by atoms with Crippen LogP contribution < -0.4 is 5.32 Å². The maximum absolute atomic E-state index is 5.99. The number of benzene rings is 1. The van der Waals surface area contributed by atoms with E-state index in [0.29, 0.717) is 6.04 Å². The molecule has 2 N–H and O–H groups in total. The lowest BCUT2D eigenvalue weighted by Crippen LogP contribution is -2.30. The SMILES string of the molecule is Clc1ccc2c(CNC3CCCCC3)c[nH]c2c1. The molecule has 1 aromatic carbocycles. The first-order valence-electron chi connectivity index (χ1n) is 6.82. The Morgan fingerprint density at radius 3 is 2.89 bits per heavy atom. The van der Waals surface area contributed by atoms with Crippen LogP contribution in [0.5, 0.6) is 0 Å². The molecule has 1 aliphatic carbocycles. The molecule has 1 fully saturated rings. The predicted molar refractivity (Wildman–Crippen MR) is 77.0 cm³/mol. The summed E-state index contributed by atoms with van der Waals surface area (Å²) in [7, 11) is 0. The Morgan fingerprint density at radius 2 is 2.06 bits per heavy atom. The summed E-state index contributed by atoms with van der Waals surface area (Å²) in [4.78, 5) is 3.29. The summed E-state index contributed by atoms with van der Waals surface area (Å²) in [6.45, 7) is 0.951. The average molecular weight is 263 g/mol. The van der Waals surface area contributed by atoms with Gasteiger partial charge in [0.25, 0.3) is 0 Å². The van der Waals surface area contributed by atoms with Crippen molar-refractivity contribution in [3.8, 4) is 0 Å². The zero-order valence-electron chi connectivity index (χ0n) is 10.5. The van der Waals surface area contributed by atoms with Crippen LogP contribution in [0.15, 0.2) is 24.4 Å². The number of rotatable bonds is 3. The number of fused-ring (bicyclic) bond motifs is 1. The maximum Gasteiger partial charge on any atom is 0.0472 e. The van der Waals surface area contributed by atoms with Crippen molar-refractivity contribution in [1.82, 2.24) is 10.3 Å². The van der Waals surface area contributed by atoms with E-state index < -0.39 is 0 Å². The van der Waals surface area contributed by atoms with Crippen LogP contribution >= 0.6 is 11.6 Å². The van der Waals surface area contributed by atoms with Crippen molar-refractivity contribution in [2.75, 3.05) is 0 Å². The average Bonchev–Trinajstić information content (AvgIpc) is 2.80. The first-order valence-corrected chi connectivity index (χ1v) is 7.19. The molecule has 96 valence electrons. The molecule has 2 aromatic rings. The Morgan fingerprint density at radius 1 is 1.22 bits per heavy atom. The lowest BCUT2D eigenvalue weighted by atomic mass is 9.95. The Hall–Kier alpha value is -0.990. The second-order valence-corrected chi connectivity index (χ2v) is 5.66. The van der Waals surface area contributed by atoms with Crippen molar-refractivity contribution in [2.24, 2.45) is 0 Å². The molecular formula is C15H19ClN2. The lowest BCUT2D eigenvalue weighted by Gasteiger charge is -2.22. The summed E-state index contributed by atoms with van der Waals surface area (Å²) in [5.41, 5.74) is 2.47. The van der Waals surface area contributed by atoms with E-state index in [1.165, 1.54) is 43.1 Å². The molecule has 1 aliphatic rings. The molecule has 1 saturated carbocycles. The molecule has 0 radical (unpaired) electrons.